The summed E-state index contributed by atoms with van der Waals surface area (Å²) in [5.74, 6) is 0.0793. The fourth-order valence-corrected chi connectivity index (χ4v) is 3.11. The van der Waals surface area contributed by atoms with Gasteiger partial charge < -0.3 is 17.3 Å². The zero-order chi connectivity index (χ0) is 14.6. The summed E-state index contributed by atoms with van der Waals surface area (Å²) >= 11 is 0. The van der Waals surface area contributed by atoms with Crippen LogP contribution in [0.2, 0.25) is 0 Å². The number of halogens is 1. The molecule has 1 aromatic rings. The first-order chi connectivity index (χ1) is 9.47. The lowest BCUT2D eigenvalue weighted by molar-refractivity contribution is -0.0000146. The summed E-state index contributed by atoms with van der Waals surface area (Å²) in [5, 5.41) is 0. The number of piperidine rings is 1. The molecule has 118 valence electrons. The van der Waals surface area contributed by atoms with E-state index in [1.807, 2.05) is 0 Å². The highest BCUT2D eigenvalue weighted by Crippen LogP contribution is 2.13. The molecule has 0 amide bonds. The van der Waals surface area contributed by atoms with E-state index in [1.54, 1.807) is 12.1 Å². The molecule has 1 heterocycles. The largest absolute Gasteiger partial charge is 1.00 e. The predicted octanol–water partition coefficient (Wildman–Crippen LogP) is -0.847. The van der Waals surface area contributed by atoms with Crippen molar-refractivity contribution in [3.05, 3.63) is 29.8 Å². The molecule has 0 aliphatic carbocycles. The number of rotatable bonds is 5. The lowest BCUT2D eigenvalue weighted by atomic mass is 10.1. The molecule has 0 saturated carbocycles. The topological polar surface area (TPSA) is 54.5 Å². The van der Waals surface area contributed by atoms with E-state index in [9.17, 15) is 13.2 Å². The number of carbonyl (C=O) groups excluding carboxylic acids is 1. The van der Waals surface area contributed by atoms with Gasteiger partial charge in [0.05, 0.1) is 4.90 Å². The van der Waals surface area contributed by atoms with Crippen LogP contribution in [0.15, 0.2) is 29.2 Å². The third kappa shape index (κ3) is 5.41. The molecular formula is C15H21ClNO3S-. The fraction of sp³-hybridized carbons (Fsp3) is 0.533. The van der Waals surface area contributed by atoms with Gasteiger partial charge in [0.1, 0.15) is 0 Å². The highest BCUT2D eigenvalue weighted by molar-refractivity contribution is 7.90. The highest BCUT2D eigenvalue weighted by atomic mass is 35.5. The molecule has 0 spiro atoms. The Labute approximate surface area is 132 Å². The third-order valence-electron chi connectivity index (χ3n) is 3.71. The van der Waals surface area contributed by atoms with E-state index in [2.05, 4.69) is 4.90 Å². The maximum Gasteiger partial charge on any atom is 0.175 e. The fourth-order valence-electron chi connectivity index (χ4n) is 2.48. The van der Waals surface area contributed by atoms with Gasteiger partial charge in [0.2, 0.25) is 0 Å². The molecule has 1 aromatic carbocycles. The maximum atomic E-state index is 12.1. The molecule has 0 bridgehead atoms. The molecule has 0 unspecified atom stereocenters. The molecule has 0 N–H and O–H groups in total. The smallest absolute Gasteiger partial charge is 0.175 e. The number of benzene rings is 1. The van der Waals surface area contributed by atoms with Crippen LogP contribution in [0.5, 0.6) is 0 Å². The summed E-state index contributed by atoms with van der Waals surface area (Å²) in [6.45, 7) is 2.97. The third-order valence-corrected chi connectivity index (χ3v) is 4.84. The van der Waals surface area contributed by atoms with Crippen LogP contribution in [0.4, 0.5) is 0 Å². The van der Waals surface area contributed by atoms with Crippen molar-refractivity contribution in [3.63, 3.8) is 0 Å². The number of hydrogen-bond acceptors (Lipinski definition) is 4. The average Bonchev–Trinajstić information content (AvgIpc) is 2.45. The lowest BCUT2D eigenvalue weighted by Gasteiger charge is -2.25. The number of ketones is 1. The summed E-state index contributed by atoms with van der Waals surface area (Å²) in [7, 11) is -3.19. The zero-order valence-corrected chi connectivity index (χ0v) is 13.8. The maximum absolute atomic E-state index is 12.1. The standard InChI is InChI=1S/C15H21NO3S.ClH/c1-20(18,19)14-7-5-13(6-8-14)15(17)9-12-16-10-3-2-4-11-16;/h5-8H,2-4,9-12H2,1H3;1H/p-1. The van der Waals surface area contributed by atoms with Crippen LogP contribution >= 0.6 is 0 Å². The SMILES string of the molecule is CS(=O)(=O)c1ccc(C(=O)CCN2CCCCC2)cc1.[Cl-]. The van der Waals surface area contributed by atoms with Crippen molar-refractivity contribution < 1.29 is 25.6 Å². The summed E-state index contributed by atoms with van der Waals surface area (Å²) in [5.41, 5.74) is 0.592. The molecule has 0 radical (unpaired) electrons. The van der Waals surface area contributed by atoms with Crippen molar-refractivity contribution in [3.8, 4) is 0 Å². The molecule has 1 saturated heterocycles. The predicted molar refractivity (Wildman–Crippen MR) is 78.8 cm³/mol. The van der Waals surface area contributed by atoms with E-state index < -0.39 is 9.84 Å². The number of likely N-dealkylation sites (tertiary alicyclic amines) is 1. The zero-order valence-electron chi connectivity index (χ0n) is 12.2. The van der Waals surface area contributed by atoms with Crippen LogP contribution in [-0.4, -0.2) is 45.0 Å². The monoisotopic (exact) mass is 330 g/mol. The molecule has 21 heavy (non-hydrogen) atoms. The van der Waals surface area contributed by atoms with Gasteiger partial charge in [-0.05, 0) is 38.1 Å². The van der Waals surface area contributed by atoms with Crippen LogP contribution in [0, 0.1) is 0 Å². The van der Waals surface area contributed by atoms with E-state index in [-0.39, 0.29) is 23.1 Å². The minimum atomic E-state index is -3.19. The van der Waals surface area contributed by atoms with E-state index in [1.165, 1.54) is 37.7 Å². The van der Waals surface area contributed by atoms with Crippen molar-refractivity contribution in [2.24, 2.45) is 0 Å². The first-order valence-electron chi connectivity index (χ1n) is 7.02. The summed E-state index contributed by atoms with van der Waals surface area (Å²) < 4.78 is 22.7. The molecule has 1 aliphatic rings. The van der Waals surface area contributed by atoms with Crippen LogP contribution in [0.3, 0.4) is 0 Å². The number of Topliss-reactive ketones (excluding diaryl/α,β-unsaturated/α-hetero) is 1. The van der Waals surface area contributed by atoms with E-state index >= 15 is 0 Å². The van der Waals surface area contributed by atoms with Crippen LogP contribution in [0.25, 0.3) is 0 Å². The van der Waals surface area contributed by atoms with Crippen LogP contribution in [0.1, 0.15) is 36.0 Å². The minimum absolute atomic E-state index is 0. The van der Waals surface area contributed by atoms with E-state index in [0.717, 1.165) is 19.6 Å². The molecule has 4 nitrogen and oxygen atoms in total. The number of carbonyl (C=O) groups is 1. The summed E-state index contributed by atoms with van der Waals surface area (Å²) in [6, 6.07) is 6.22. The molecule has 0 aromatic heterocycles. The second-order valence-electron chi connectivity index (χ2n) is 5.37. The second kappa shape index (κ2) is 7.92. The Morgan fingerprint density at radius 1 is 1.10 bits per heavy atom. The van der Waals surface area contributed by atoms with Crippen LogP contribution in [-0.2, 0) is 9.84 Å². The van der Waals surface area contributed by atoms with Gasteiger partial charge in [-0.25, -0.2) is 8.42 Å². The van der Waals surface area contributed by atoms with Crippen LogP contribution < -0.4 is 12.4 Å². The lowest BCUT2D eigenvalue weighted by Crippen LogP contribution is -3.00. The molecule has 6 heteroatoms. The molecule has 2 rings (SSSR count). The normalized spacial score (nSPS) is 16.2. The Kier molecular flexibility index (Phi) is 6.84. The van der Waals surface area contributed by atoms with Gasteiger partial charge in [0.15, 0.2) is 15.6 Å². The van der Waals surface area contributed by atoms with Gasteiger partial charge in [-0.2, -0.15) is 0 Å². The molecule has 0 atom stereocenters. The van der Waals surface area contributed by atoms with Gasteiger partial charge >= 0.3 is 0 Å². The molecule has 1 fully saturated rings. The Bertz CT molecular complexity index is 563. The molecule has 1 aliphatic heterocycles. The van der Waals surface area contributed by atoms with Gasteiger partial charge in [-0.1, -0.05) is 18.6 Å². The van der Waals surface area contributed by atoms with Gasteiger partial charge in [-0.15, -0.1) is 0 Å². The Hall–Kier alpha value is -0.910. The summed E-state index contributed by atoms with van der Waals surface area (Å²) in [4.78, 5) is 14.7. The Morgan fingerprint density at radius 2 is 1.67 bits per heavy atom. The quantitative estimate of drug-likeness (QED) is 0.660. The van der Waals surface area contributed by atoms with Crippen molar-refractivity contribution in [1.29, 1.82) is 0 Å². The van der Waals surface area contributed by atoms with Crippen molar-refractivity contribution in [2.45, 2.75) is 30.6 Å². The van der Waals surface area contributed by atoms with Crippen molar-refractivity contribution >= 4 is 15.6 Å². The number of nitrogens with zero attached hydrogens (tertiary/aromatic N) is 1. The minimum Gasteiger partial charge on any atom is -1.00 e. The molecular weight excluding hydrogens is 310 g/mol. The van der Waals surface area contributed by atoms with Gasteiger partial charge in [-0.3, -0.25) is 4.79 Å². The van der Waals surface area contributed by atoms with Gasteiger partial charge in [0.25, 0.3) is 0 Å². The van der Waals surface area contributed by atoms with Gasteiger partial charge in [0, 0.05) is 24.8 Å². The Morgan fingerprint density at radius 3 is 2.19 bits per heavy atom. The highest BCUT2D eigenvalue weighted by Gasteiger charge is 2.13. The first-order valence-corrected chi connectivity index (χ1v) is 8.91. The van der Waals surface area contributed by atoms with Crippen molar-refractivity contribution in [2.75, 3.05) is 25.9 Å². The first kappa shape index (κ1) is 18.1. The summed E-state index contributed by atoms with van der Waals surface area (Å²) in [6.07, 6.45) is 5.39. The van der Waals surface area contributed by atoms with Crippen molar-refractivity contribution in [1.82, 2.24) is 4.90 Å². The van der Waals surface area contributed by atoms with E-state index in [0.29, 0.717) is 12.0 Å². The number of sulfone groups is 1. The van der Waals surface area contributed by atoms with E-state index in [4.69, 9.17) is 0 Å². The second-order valence-corrected chi connectivity index (χ2v) is 7.39. The average molecular weight is 331 g/mol. The Balaban J connectivity index is 0.00000220. The number of hydrogen-bond donors (Lipinski definition) is 0.